The van der Waals surface area contributed by atoms with Crippen LogP contribution in [0.1, 0.15) is 11.1 Å². The molecule has 0 aliphatic rings. The van der Waals surface area contributed by atoms with Crippen molar-refractivity contribution in [1.82, 2.24) is 0 Å². The monoisotopic (exact) mass is 908 g/mol. The molecule has 0 nitrogen and oxygen atoms in total. The second-order valence-electron chi connectivity index (χ2n) is 9.98. The third kappa shape index (κ3) is 4.66. The zero-order chi connectivity index (χ0) is 28.9. The van der Waals surface area contributed by atoms with Crippen molar-refractivity contribution in [3.8, 4) is 40.4 Å². The molecule has 8 aromatic rings. The van der Waals surface area contributed by atoms with Gasteiger partial charge in [-0.05, 0) is 101 Å². The number of aryl methyl sites for hydroxylation is 2. The molecule has 8 rings (SSSR count). The number of halogens is 4. The molecule has 0 atom stereocenters. The van der Waals surface area contributed by atoms with Crippen molar-refractivity contribution in [3.05, 3.63) is 89.7 Å². The quantitative estimate of drug-likeness (QED) is 0.165. The number of benzene rings is 2. The van der Waals surface area contributed by atoms with E-state index in [1.807, 2.05) is 68.0 Å². The van der Waals surface area contributed by atoms with Crippen LogP contribution in [0.2, 0.25) is 0 Å². The van der Waals surface area contributed by atoms with E-state index in [-0.39, 0.29) is 0 Å². The Morgan fingerprint density at radius 1 is 0.405 bits per heavy atom. The summed E-state index contributed by atoms with van der Waals surface area (Å²) in [4.78, 5) is 7.79. The lowest BCUT2D eigenvalue weighted by atomic mass is 10.1. The van der Waals surface area contributed by atoms with E-state index in [0.29, 0.717) is 0 Å². The Morgan fingerprint density at radius 2 is 0.738 bits per heavy atom. The van der Waals surface area contributed by atoms with E-state index in [9.17, 15) is 0 Å². The molecule has 2 aromatic carbocycles. The SMILES string of the molecule is Cc1ccc(-c2cc3sc(-c4sc5c(Br)c(-c6sc7cc(-c8ccc(C)cc8)sc7c6Br)sc5c4Br)c(Br)c3s2)cc1. The molecule has 208 valence electrons. The van der Waals surface area contributed by atoms with Crippen LogP contribution in [0.15, 0.2) is 78.6 Å². The van der Waals surface area contributed by atoms with Gasteiger partial charge in [-0.2, -0.15) is 0 Å². The second kappa shape index (κ2) is 11.0. The average Bonchev–Trinajstić information content (AvgIpc) is 3.80. The first-order valence-electron chi connectivity index (χ1n) is 12.8. The van der Waals surface area contributed by atoms with Gasteiger partial charge in [-0.1, -0.05) is 59.7 Å². The molecule has 0 saturated heterocycles. The van der Waals surface area contributed by atoms with Crippen LogP contribution in [0.3, 0.4) is 0 Å². The number of rotatable bonds is 4. The van der Waals surface area contributed by atoms with Crippen molar-refractivity contribution in [1.29, 1.82) is 0 Å². The minimum absolute atomic E-state index is 1.18. The third-order valence-electron chi connectivity index (χ3n) is 7.11. The van der Waals surface area contributed by atoms with Gasteiger partial charge < -0.3 is 0 Å². The van der Waals surface area contributed by atoms with E-state index in [4.69, 9.17) is 0 Å². The van der Waals surface area contributed by atoms with Gasteiger partial charge >= 0.3 is 0 Å². The van der Waals surface area contributed by atoms with Crippen molar-refractivity contribution >= 4 is 160 Å². The van der Waals surface area contributed by atoms with Crippen LogP contribution < -0.4 is 0 Å². The van der Waals surface area contributed by atoms with E-state index >= 15 is 0 Å². The number of thiophene rings is 6. The van der Waals surface area contributed by atoms with Crippen LogP contribution in [0.25, 0.3) is 68.6 Å². The van der Waals surface area contributed by atoms with E-state index in [1.54, 1.807) is 0 Å². The van der Waals surface area contributed by atoms with Crippen molar-refractivity contribution in [2.24, 2.45) is 0 Å². The predicted octanol–water partition coefficient (Wildman–Crippen LogP) is 15.9. The average molecular weight is 912 g/mol. The highest BCUT2D eigenvalue weighted by atomic mass is 79.9. The van der Waals surface area contributed by atoms with E-state index in [0.717, 1.165) is 0 Å². The molecular formula is C32H16Br4S6. The van der Waals surface area contributed by atoms with Crippen molar-refractivity contribution in [2.45, 2.75) is 13.8 Å². The molecule has 0 aliphatic carbocycles. The zero-order valence-corrected chi connectivity index (χ0v) is 33.0. The smallest absolute Gasteiger partial charge is 0.0618 e. The van der Waals surface area contributed by atoms with Gasteiger partial charge in [0.05, 0.1) is 56.2 Å². The Kier molecular flexibility index (Phi) is 7.54. The summed E-state index contributed by atoms with van der Waals surface area (Å²) in [6, 6.07) is 22.3. The fourth-order valence-corrected chi connectivity index (χ4v) is 17.1. The molecule has 0 aliphatic heterocycles. The largest absolute Gasteiger partial charge is 0.133 e. The van der Waals surface area contributed by atoms with Crippen molar-refractivity contribution in [2.75, 3.05) is 0 Å². The molecule has 0 saturated carbocycles. The highest BCUT2D eigenvalue weighted by molar-refractivity contribution is 9.11. The van der Waals surface area contributed by atoms with Gasteiger partial charge in [0, 0.05) is 19.2 Å². The highest BCUT2D eigenvalue weighted by Crippen LogP contribution is 2.59. The van der Waals surface area contributed by atoms with Crippen LogP contribution in [0.4, 0.5) is 0 Å². The van der Waals surface area contributed by atoms with Crippen LogP contribution in [-0.2, 0) is 0 Å². The lowest BCUT2D eigenvalue weighted by molar-refractivity contribution is 1.48. The summed E-state index contributed by atoms with van der Waals surface area (Å²) < 4.78 is 12.7. The normalized spacial score (nSPS) is 12.0. The zero-order valence-electron chi connectivity index (χ0n) is 21.7. The highest BCUT2D eigenvalue weighted by Gasteiger charge is 2.26. The molecular weight excluding hydrogens is 896 g/mol. The Balaban J connectivity index is 1.17. The summed E-state index contributed by atoms with van der Waals surface area (Å²) in [5, 5.41) is 0. The lowest BCUT2D eigenvalue weighted by Gasteiger charge is -2.00. The van der Waals surface area contributed by atoms with Crippen molar-refractivity contribution in [3.63, 3.8) is 0 Å². The summed E-state index contributed by atoms with van der Waals surface area (Å²) in [6.45, 7) is 4.27. The summed E-state index contributed by atoms with van der Waals surface area (Å²) in [5.41, 5.74) is 5.14. The fourth-order valence-electron chi connectivity index (χ4n) is 4.91. The summed E-state index contributed by atoms with van der Waals surface area (Å²) in [5.74, 6) is 0. The van der Waals surface area contributed by atoms with Gasteiger partial charge in [0.25, 0.3) is 0 Å². The Hall–Kier alpha value is -0.660. The summed E-state index contributed by atoms with van der Waals surface area (Å²) >= 11 is 27.2. The Morgan fingerprint density at radius 3 is 1.10 bits per heavy atom. The van der Waals surface area contributed by atoms with Gasteiger partial charge in [-0.25, -0.2) is 0 Å². The molecule has 0 N–H and O–H groups in total. The standard InChI is InChI=1S/C32H16Br4S6/c1-13-3-7-15(8-4-13)17-11-19-25(37-17)21(33)27(39-19)29-23(35)31-32(41-29)24(36)30(42-31)28-22(34)26-20(40-28)12-18(38-26)16-9-5-14(2)6-10-16/h3-12H,1-2H3. The van der Waals surface area contributed by atoms with E-state index in [1.165, 1.54) is 97.6 Å². The van der Waals surface area contributed by atoms with Gasteiger partial charge in [0.15, 0.2) is 0 Å². The maximum absolute atomic E-state index is 4.02. The maximum Gasteiger partial charge on any atom is 0.0618 e. The summed E-state index contributed by atoms with van der Waals surface area (Å²) in [7, 11) is 0. The molecule has 0 amide bonds. The summed E-state index contributed by atoms with van der Waals surface area (Å²) in [6.07, 6.45) is 0. The first-order chi connectivity index (χ1) is 20.3. The molecule has 0 fully saturated rings. The lowest BCUT2D eigenvalue weighted by Crippen LogP contribution is -1.73. The maximum atomic E-state index is 4.02. The van der Waals surface area contributed by atoms with Crippen LogP contribution >= 0.6 is 132 Å². The van der Waals surface area contributed by atoms with Gasteiger partial charge in [-0.15, -0.1) is 68.0 Å². The molecule has 0 spiro atoms. The van der Waals surface area contributed by atoms with E-state index in [2.05, 4.69) is 138 Å². The van der Waals surface area contributed by atoms with Crippen LogP contribution in [0.5, 0.6) is 0 Å². The van der Waals surface area contributed by atoms with Gasteiger partial charge in [-0.3, -0.25) is 0 Å². The predicted molar refractivity (Wildman–Crippen MR) is 208 cm³/mol. The van der Waals surface area contributed by atoms with Gasteiger partial charge in [0.1, 0.15) is 0 Å². The van der Waals surface area contributed by atoms with E-state index < -0.39 is 0 Å². The molecule has 10 heteroatoms. The second-order valence-corrected chi connectivity index (χ2v) is 19.4. The molecule has 0 bridgehead atoms. The van der Waals surface area contributed by atoms with Gasteiger partial charge in [0.2, 0.25) is 0 Å². The number of fused-ring (bicyclic) bond motifs is 3. The molecule has 42 heavy (non-hydrogen) atoms. The van der Waals surface area contributed by atoms with Crippen molar-refractivity contribution < 1.29 is 0 Å². The number of hydrogen-bond donors (Lipinski definition) is 0. The minimum Gasteiger partial charge on any atom is -0.133 e. The Bertz CT molecular complexity index is 2140. The molecule has 6 heterocycles. The molecule has 6 aromatic heterocycles. The fraction of sp³-hybridized carbons (Fsp3) is 0.0625. The number of hydrogen-bond acceptors (Lipinski definition) is 6. The first-order valence-corrected chi connectivity index (χ1v) is 20.8. The van der Waals surface area contributed by atoms with Crippen LogP contribution in [-0.4, -0.2) is 0 Å². The first kappa shape index (κ1) is 28.8. The Labute approximate surface area is 300 Å². The topological polar surface area (TPSA) is 0 Å². The minimum atomic E-state index is 1.18. The molecule has 0 radical (unpaired) electrons. The third-order valence-corrected chi connectivity index (χ3v) is 20.2. The van der Waals surface area contributed by atoms with Crippen LogP contribution in [0, 0.1) is 13.8 Å². The molecule has 0 unspecified atom stereocenters.